The molecule has 0 aromatic heterocycles. The Morgan fingerprint density at radius 2 is 2.28 bits per heavy atom. The third-order valence-electron chi connectivity index (χ3n) is 4.25. The number of ether oxygens (including phenoxy) is 1. The van der Waals surface area contributed by atoms with Gasteiger partial charge in [0.15, 0.2) is 0 Å². The Hall–Kier alpha value is -1.70. The number of nitrogens with one attached hydrogen (secondary N) is 1. The minimum Gasteiger partial charge on any atom is -0.383 e. The predicted octanol–water partition coefficient (Wildman–Crippen LogP) is 1.27. The molecular weight excluding hydrogens is 349 g/mol. The third-order valence-corrected chi connectivity index (χ3v) is 4.61. The summed E-state index contributed by atoms with van der Waals surface area (Å²) in [6, 6.07) is 3.62. The Morgan fingerprint density at radius 3 is 2.96 bits per heavy atom. The number of piperazine rings is 1. The second kappa shape index (κ2) is 9.12. The van der Waals surface area contributed by atoms with Crippen LogP contribution in [0.2, 0.25) is 5.02 Å². The van der Waals surface area contributed by atoms with Crippen LogP contribution < -0.4 is 5.32 Å². The van der Waals surface area contributed by atoms with Crippen LogP contribution in [0.5, 0.6) is 0 Å². The average molecular weight is 372 g/mol. The second-order valence-corrected chi connectivity index (χ2v) is 6.43. The molecule has 0 aliphatic carbocycles. The normalized spacial score (nSPS) is 18.1. The second-order valence-electron chi connectivity index (χ2n) is 6.03. The van der Waals surface area contributed by atoms with Crippen molar-refractivity contribution in [3.8, 4) is 0 Å². The number of methoxy groups -OCH3 is 1. The SMILES string of the molecule is COCCN(C)C(=O)CC1C(=O)NCCN1Cc1ccc(F)cc1Cl. The zero-order valence-corrected chi connectivity index (χ0v) is 15.2. The maximum absolute atomic E-state index is 13.2. The fraction of sp³-hybridized carbons (Fsp3) is 0.529. The fourth-order valence-corrected chi connectivity index (χ4v) is 2.94. The van der Waals surface area contributed by atoms with Crippen LogP contribution in [0.15, 0.2) is 18.2 Å². The molecule has 1 heterocycles. The van der Waals surface area contributed by atoms with E-state index in [1.165, 1.54) is 12.1 Å². The van der Waals surface area contributed by atoms with Crippen molar-refractivity contribution < 1.29 is 18.7 Å². The molecule has 1 fully saturated rings. The van der Waals surface area contributed by atoms with E-state index in [4.69, 9.17) is 16.3 Å². The number of hydrogen-bond donors (Lipinski definition) is 1. The lowest BCUT2D eigenvalue weighted by Gasteiger charge is -2.35. The highest BCUT2D eigenvalue weighted by atomic mass is 35.5. The van der Waals surface area contributed by atoms with E-state index in [0.717, 1.165) is 5.56 Å². The van der Waals surface area contributed by atoms with E-state index in [9.17, 15) is 14.0 Å². The monoisotopic (exact) mass is 371 g/mol. The van der Waals surface area contributed by atoms with E-state index in [0.29, 0.717) is 37.8 Å². The van der Waals surface area contributed by atoms with E-state index >= 15 is 0 Å². The van der Waals surface area contributed by atoms with Crippen molar-refractivity contribution in [3.63, 3.8) is 0 Å². The van der Waals surface area contributed by atoms with Gasteiger partial charge < -0.3 is 15.0 Å². The number of likely N-dealkylation sites (N-methyl/N-ethyl adjacent to an activating group) is 1. The standard InChI is InChI=1S/C17H23ClFN3O3/c1-21(7-8-25-2)16(23)10-15-17(24)20-5-6-22(15)11-12-3-4-13(19)9-14(12)18/h3-4,9,15H,5-8,10-11H2,1-2H3,(H,20,24). The summed E-state index contributed by atoms with van der Waals surface area (Å²) in [4.78, 5) is 28.1. The first-order valence-electron chi connectivity index (χ1n) is 8.11. The van der Waals surface area contributed by atoms with Crippen molar-refractivity contribution in [1.29, 1.82) is 0 Å². The molecule has 1 aromatic rings. The van der Waals surface area contributed by atoms with Gasteiger partial charge in [0.05, 0.1) is 19.1 Å². The Labute approximate surface area is 151 Å². The van der Waals surface area contributed by atoms with Gasteiger partial charge in [-0.3, -0.25) is 14.5 Å². The smallest absolute Gasteiger partial charge is 0.237 e. The lowest BCUT2D eigenvalue weighted by atomic mass is 10.1. The Morgan fingerprint density at radius 1 is 1.52 bits per heavy atom. The molecule has 138 valence electrons. The van der Waals surface area contributed by atoms with Gasteiger partial charge in [-0.15, -0.1) is 0 Å². The van der Waals surface area contributed by atoms with Gasteiger partial charge in [-0.05, 0) is 17.7 Å². The summed E-state index contributed by atoms with van der Waals surface area (Å²) < 4.78 is 18.2. The predicted molar refractivity (Wildman–Crippen MR) is 92.7 cm³/mol. The van der Waals surface area contributed by atoms with Crippen LogP contribution in [0.1, 0.15) is 12.0 Å². The van der Waals surface area contributed by atoms with E-state index in [1.807, 2.05) is 4.90 Å². The molecule has 0 spiro atoms. The number of halogens is 2. The Kier molecular flexibility index (Phi) is 7.16. The first-order chi connectivity index (χ1) is 11.9. The molecule has 1 atom stereocenters. The molecule has 1 aliphatic rings. The van der Waals surface area contributed by atoms with Crippen molar-refractivity contribution in [2.45, 2.75) is 19.0 Å². The summed E-state index contributed by atoms with van der Waals surface area (Å²) in [5, 5.41) is 3.10. The van der Waals surface area contributed by atoms with Crippen molar-refractivity contribution in [1.82, 2.24) is 15.1 Å². The van der Waals surface area contributed by atoms with Gasteiger partial charge in [0.25, 0.3) is 0 Å². The van der Waals surface area contributed by atoms with Gasteiger partial charge in [-0.2, -0.15) is 0 Å². The highest BCUT2D eigenvalue weighted by Gasteiger charge is 2.32. The number of rotatable bonds is 7. The molecule has 1 saturated heterocycles. The largest absolute Gasteiger partial charge is 0.383 e. The summed E-state index contributed by atoms with van der Waals surface area (Å²) >= 11 is 6.09. The molecule has 6 nitrogen and oxygen atoms in total. The number of nitrogens with zero attached hydrogens (tertiary/aromatic N) is 2. The third kappa shape index (κ3) is 5.39. The van der Waals surface area contributed by atoms with Crippen LogP contribution in [0.4, 0.5) is 4.39 Å². The summed E-state index contributed by atoms with van der Waals surface area (Å²) in [6.07, 6.45) is 0.0743. The summed E-state index contributed by atoms with van der Waals surface area (Å²) in [5.41, 5.74) is 0.725. The summed E-state index contributed by atoms with van der Waals surface area (Å²) in [5.74, 6) is -0.719. The van der Waals surface area contributed by atoms with E-state index < -0.39 is 11.9 Å². The molecule has 25 heavy (non-hydrogen) atoms. The van der Waals surface area contributed by atoms with E-state index in [2.05, 4.69) is 5.32 Å². The molecule has 8 heteroatoms. The van der Waals surface area contributed by atoms with Crippen molar-refractivity contribution >= 4 is 23.4 Å². The summed E-state index contributed by atoms with van der Waals surface area (Å²) in [6.45, 7) is 2.38. The zero-order chi connectivity index (χ0) is 18.4. The van der Waals surface area contributed by atoms with Crippen LogP contribution in [0, 0.1) is 5.82 Å². The molecule has 2 amide bonds. The molecule has 2 rings (SSSR count). The summed E-state index contributed by atoms with van der Waals surface area (Å²) in [7, 11) is 3.25. The minimum absolute atomic E-state index is 0.0743. The van der Waals surface area contributed by atoms with Crippen LogP contribution >= 0.6 is 11.6 Å². The molecule has 0 saturated carbocycles. The highest BCUT2D eigenvalue weighted by molar-refractivity contribution is 6.31. The molecule has 0 bridgehead atoms. The topological polar surface area (TPSA) is 61.9 Å². The van der Waals surface area contributed by atoms with Crippen LogP contribution in [0.3, 0.4) is 0 Å². The van der Waals surface area contributed by atoms with Crippen LogP contribution in [-0.2, 0) is 20.9 Å². The zero-order valence-electron chi connectivity index (χ0n) is 14.4. The first kappa shape index (κ1) is 19.6. The Bertz CT molecular complexity index is 629. The van der Waals surface area contributed by atoms with Crippen LogP contribution in [-0.4, -0.2) is 68.1 Å². The van der Waals surface area contributed by atoms with E-state index in [-0.39, 0.29) is 18.2 Å². The molecule has 1 N–H and O–H groups in total. The van der Waals surface area contributed by atoms with Crippen molar-refractivity contribution in [3.05, 3.63) is 34.6 Å². The van der Waals surface area contributed by atoms with Crippen molar-refractivity contribution in [2.75, 3.05) is 40.4 Å². The lowest BCUT2D eigenvalue weighted by molar-refractivity contribution is -0.138. The molecule has 0 radical (unpaired) electrons. The minimum atomic E-state index is -0.577. The lowest BCUT2D eigenvalue weighted by Crippen LogP contribution is -2.56. The number of benzene rings is 1. The van der Waals surface area contributed by atoms with Gasteiger partial charge in [0.1, 0.15) is 5.82 Å². The van der Waals surface area contributed by atoms with Gasteiger partial charge in [0, 0.05) is 45.4 Å². The molecular formula is C17H23ClFN3O3. The number of carbonyl (C=O) groups excluding carboxylic acids is 2. The van der Waals surface area contributed by atoms with Gasteiger partial charge in [-0.25, -0.2) is 4.39 Å². The fourth-order valence-electron chi connectivity index (χ4n) is 2.72. The number of hydrogen-bond acceptors (Lipinski definition) is 4. The molecule has 1 aromatic carbocycles. The molecule has 1 aliphatic heterocycles. The number of carbonyl (C=O) groups is 2. The first-order valence-corrected chi connectivity index (χ1v) is 8.48. The molecule has 1 unspecified atom stereocenters. The van der Waals surface area contributed by atoms with Gasteiger partial charge >= 0.3 is 0 Å². The maximum atomic E-state index is 13.2. The van der Waals surface area contributed by atoms with Gasteiger partial charge in [-0.1, -0.05) is 17.7 Å². The Balaban J connectivity index is 2.07. The maximum Gasteiger partial charge on any atom is 0.237 e. The highest BCUT2D eigenvalue weighted by Crippen LogP contribution is 2.21. The van der Waals surface area contributed by atoms with Crippen LogP contribution in [0.25, 0.3) is 0 Å². The van der Waals surface area contributed by atoms with E-state index in [1.54, 1.807) is 25.1 Å². The quantitative estimate of drug-likeness (QED) is 0.784. The average Bonchev–Trinajstić information content (AvgIpc) is 2.57. The van der Waals surface area contributed by atoms with Gasteiger partial charge in [0.2, 0.25) is 11.8 Å². The van der Waals surface area contributed by atoms with Crippen molar-refractivity contribution in [2.24, 2.45) is 0 Å². The number of amides is 2.